The highest BCUT2D eigenvalue weighted by molar-refractivity contribution is 7.91. The summed E-state index contributed by atoms with van der Waals surface area (Å²) in [5, 5.41) is 10.0. The summed E-state index contributed by atoms with van der Waals surface area (Å²) >= 11 is 0.827. The molecule has 0 fully saturated rings. The van der Waals surface area contributed by atoms with Gasteiger partial charge in [-0.1, -0.05) is 55.5 Å². The first-order chi connectivity index (χ1) is 11.0. The molecule has 23 heavy (non-hydrogen) atoms. The first-order valence-corrected chi connectivity index (χ1v) is 9.46. The van der Waals surface area contributed by atoms with Gasteiger partial charge < -0.3 is 5.32 Å². The van der Waals surface area contributed by atoms with E-state index in [1.54, 1.807) is 6.92 Å². The number of carbonyl (C=O) groups excluding carboxylic acids is 1. The Balaban J connectivity index is 2.16. The van der Waals surface area contributed by atoms with Crippen molar-refractivity contribution in [2.75, 3.05) is 5.32 Å². The van der Waals surface area contributed by atoms with E-state index in [9.17, 15) is 13.2 Å². The lowest BCUT2D eigenvalue weighted by Gasteiger charge is -2.16. The Hall–Kier alpha value is -1.84. The number of amides is 1. The maximum absolute atomic E-state index is 12.4. The van der Waals surface area contributed by atoms with Crippen LogP contribution in [-0.4, -0.2) is 24.5 Å². The van der Waals surface area contributed by atoms with Crippen molar-refractivity contribution in [1.82, 2.24) is 14.9 Å². The lowest BCUT2D eigenvalue weighted by Crippen LogP contribution is -2.28. The summed E-state index contributed by atoms with van der Waals surface area (Å²) in [7, 11) is -3.80. The van der Waals surface area contributed by atoms with Crippen LogP contribution in [0.25, 0.3) is 0 Å². The van der Waals surface area contributed by atoms with E-state index < -0.39 is 10.0 Å². The molecule has 0 saturated carbocycles. The third kappa shape index (κ3) is 4.57. The normalized spacial score (nSPS) is 12.8. The van der Waals surface area contributed by atoms with Gasteiger partial charge in [-0.3, -0.25) is 4.79 Å². The van der Waals surface area contributed by atoms with Crippen LogP contribution in [-0.2, 0) is 14.8 Å². The second-order valence-electron chi connectivity index (χ2n) is 4.77. The van der Waals surface area contributed by atoms with E-state index in [1.807, 2.05) is 37.3 Å². The first kappa shape index (κ1) is 17.5. The number of nitrogens with zero attached hydrogens (tertiary/aromatic N) is 2. The van der Waals surface area contributed by atoms with Gasteiger partial charge in [0.25, 0.3) is 10.0 Å². The van der Waals surface area contributed by atoms with Crippen LogP contribution in [0, 0.1) is 0 Å². The van der Waals surface area contributed by atoms with E-state index in [-0.39, 0.29) is 27.8 Å². The van der Waals surface area contributed by atoms with Gasteiger partial charge in [0.05, 0.1) is 0 Å². The molecule has 0 aliphatic heterocycles. The van der Waals surface area contributed by atoms with Crippen molar-refractivity contribution >= 4 is 32.4 Å². The molecular weight excluding hydrogens is 336 g/mol. The molecule has 0 radical (unpaired) electrons. The highest BCUT2D eigenvalue weighted by Crippen LogP contribution is 2.23. The number of carbonyl (C=O) groups is 1. The fourth-order valence-corrected chi connectivity index (χ4v) is 4.13. The smallest absolute Gasteiger partial charge is 0.270 e. The number of rotatable bonds is 7. The molecule has 2 rings (SSSR count). The van der Waals surface area contributed by atoms with Crippen molar-refractivity contribution in [2.24, 2.45) is 0 Å². The van der Waals surface area contributed by atoms with Crippen molar-refractivity contribution in [3.8, 4) is 0 Å². The van der Waals surface area contributed by atoms with E-state index in [0.717, 1.165) is 16.9 Å². The van der Waals surface area contributed by atoms with Crippen LogP contribution in [0.4, 0.5) is 5.13 Å². The van der Waals surface area contributed by atoms with Gasteiger partial charge in [-0.05, 0) is 12.0 Å². The zero-order valence-electron chi connectivity index (χ0n) is 12.8. The number of anilines is 1. The van der Waals surface area contributed by atoms with Crippen LogP contribution in [0.1, 0.15) is 38.3 Å². The number of aromatic nitrogens is 2. The average molecular weight is 354 g/mol. The lowest BCUT2D eigenvalue weighted by atomic mass is 10.1. The van der Waals surface area contributed by atoms with E-state index >= 15 is 0 Å². The van der Waals surface area contributed by atoms with Gasteiger partial charge in [0.15, 0.2) is 0 Å². The molecular formula is C14H18N4O3S2. The molecule has 2 N–H and O–H groups in total. The molecule has 7 nitrogen and oxygen atoms in total. The molecule has 1 aromatic heterocycles. The van der Waals surface area contributed by atoms with Gasteiger partial charge in [-0.25, -0.2) is 13.1 Å². The molecule has 1 atom stereocenters. The number of sulfonamides is 1. The lowest BCUT2D eigenvalue weighted by molar-refractivity contribution is -0.115. The molecule has 0 spiro atoms. The standard InChI is InChI=1S/C14H18N4O3S2/c1-3-11(10-8-6-5-7-9-10)18-23(20,21)14-17-16-13(22-14)15-12(19)4-2/h5-9,11,18H,3-4H2,1-2H3,(H,15,16,19)/t11-/m1/s1. The zero-order chi connectivity index (χ0) is 16.9. The Kier molecular flexibility index (Phi) is 5.80. The van der Waals surface area contributed by atoms with Crippen LogP contribution >= 0.6 is 11.3 Å². The van der Waals surface area contributed by atoms with Gasteiger partial charge in [-0.2, -0.15) is 0 Å². The van der Waals surface area contributed by atoms with Crippen LogP contribution in [0.5, 0.6) is 0 Å². The maximum atomic E-state index is 12.4. The molecule has 0 unspecified atom stereocenters. The van der Waals surface area contributed by atoms with Gasteiger partial charge in [-0.15, -0.1) is 10.2 Å². The number of benzene rings is 1. The van der Waals surface area contributed by atoms with Crippen molar-refractivity contribution < 1.29 is 13.2 Å². The second-order valence-corrected chi connectivity index (χ2v) is 7.63. The first-order valence-electron chi connectivity index (χ1n) is 7.17. The summed E-state index contributed by atoms with van der Waals surface area (Å²) in [5.41, 5.74) is 0.877. The van der Waals surface area contributed by atoms with Crippen LogP contribution in [0.2, 0.25) is 0 Å². The van der Waals surface area contributed by atoms with Crippen LogP contribution in [0.15, 0.2) is 34.7 Å². The molecule has 0 bridgehead atoms. The maximum Gasteiger partial charge on any atom is 0.270 e. The third-order valence-electron chi connectivity index (χ3n) is 3.11. The molecule has 2 aromatic rings. The number of nitrogens with one attached hydrogen (secondary N) is 2. The quantitative estimate of drug-likeness (QED) is 0.743. The molecule has 0 saturated heterocycles. The second kappa shape index (κ2) is 7.62. The zero-order valence-corrected chi connectivity index (χ0v) is 14.4. The van der Waals surface area contributed by atoms with Crippen molar-refractivity contribution in [3.05, 3.63) is 35.9 Å². The van der Waals surface area contributed by atoms with E-state index in [4.69, 9.17) is 0 Å². The predicted octanol–water partition coefficient (Wildman–Crippen LogP) is 2.32. The summed E-state index contributed by atoms with van der Waals surface area (Å²) in [6, 6.07) is 8.97. The summed E-state index contributed by atoms with van der Waals surface area (Å²) in [6.07, 6.45) is 0.882. The Morgan fingerprint density at radius 2 is 1.91 bits per heavy atom. The van der Waals surface area contributed by atoms with Crippen molar-refractivity contribution in [2.45, 2.75) is 37.1 Å². The fourth-order valence-electron chi connectivity index (χ4n) is 1.89. The van der Waals surface area contributed by atoms with Crippen molar-refractivity contribution in [1.29, 1.82) is 0 Å². The predicted molar refractivity (Wildman–Crippen MR) is 88.6 cm³/mol. The Morgan fingerprint density at radius 3 is 2.52 bits per heavy atom. The monoisotopic (exact) mass is 354 g/mol. The minimum Gasteiger partial charge on any atom is -0.301 e. The fraction of sp³-hybridized carbons (Fsp3) is 0.357. The Labute approximate surface area is 139 Å². The Morgan fingerprint density at radius 1 is 1.22 bits per heavy atom. The summed E-state index contributed by atoms with van der Waals surface area (Å²) in [4.78, 5) is 11.3. The van der Waals surface area contributed by atoms with Gasteiger partial charge >= 0.3 is 0 Å². The largest absolute Gasteiger partial charge is 0.301 e. The summed E-state index contributed by atoms with van der Waals surface area (Å²) in [5.74, 6) is -0.242. The van der Waals surface area contributed by atoms with Crippen LogP contribution in [0.3, 0.4) is 0 Å². The molecule has 9 heteroatoms. The molecule has 1 amide bonds. The average Bonchev–Trinajstić information content (AvgIpc) is 3.02. The summed E-state index contributed by atoms with van der Waals surface area (Å²) in [6.45, 7) is 3.59. The number of hydrogen-bond acceptors (Lipinski definition) is 6. The van der Waals surface area contributed by atoms with E-state index in [1.165, 1.54) is 0 Å². The minimum absolute atomic E-state index is 0.168. The number of hydrogen-bond donors (Lipinski definition) is 2. The minimum atomic E-state index is -3.80. The molecule has 1 heterocycles. The van der Waals surface area contributed by atoms with E-state index in [0.29, 0.717) is 6.42 Å². The molecule has 0 aliphatic rings. The summed E-state index contributed by atoms with van der Waals surface area (Å²) < 4.78 is 27.3. The SMILES string of the molecule is CCC(=O)Nc1nnc(S(=O)(=O)N[C@H](CC)c2ccccc2)s1. The molecule has 1 aromatic carbocycles. The highest BCUT2D eigenvalue weighted by Gasteiger charge is 2.24. The van der Waals surface area contributed by atoms with Gasteiger partial charge in [0.1, 0.15) is 0 Å². The third-order valence-corrected chi connectivity index (χ3v) is 5.79. The Bertz CT molecular complexity index is 759. The van der Waals surface area contributed by atoms with Crippen LogP contribution < -0.4 is 10.0 Å². The van der Waals surface area contributed by atoms with Gasteiger partial charge in [0, 0.05) is 12.5 Å². The van der Waals surface area contributed by atoms with Crippen molar-refractivity contribution in [3.63, 3.8) is 0 Å². The van der Waals surface area contributed by atoms with Gasteiger partial charge in [0.2, 0.25) is 15.4 Å². The topological polar surface area (TPSA) is 101 Å². The molecule has 124 valence electrons. The molecule has 0 aliphatic carbocycles. The highest BCUT2D eigenvalue weighted by atomic mass is 32.2. The van der Waals surface area contributed by atoms with E-state index in [2.05, 4.69) is 20.2 Å².